The van der Waals surface area contributed by atoms with Gasteiger partial charge in [-0.05, 0) is 30.3 Å². The molecule has 0 spiro atoms. The van der Waals surface area contributed by atoms with Crippen LogP contribution in [0.25, 0.3) is 5.82 Å². The van der Waals surface area contributed by atoms with E-state index in [0.29, 0.717) is 24.7 Å². The smallest absolute Gasteiger partial charge is 0.269 e. The summed E-state index contributed by atoms with van der Waals surface area (Å²) < 4.78 is 28.5. The van der Waals surface area contributed by atoms with Crippen LogP contribution in [0.5, 0.6) is 0 Å². The predicted molar refractivity (Wildman–Crippen MR) is 103 cm³/mol. The lowest BCUT2D eigenvalue weighted by Crippen LogP contribution is -2.49. The first-order valence-corrected chi connectivity index (χ1v) is 10.2. The fourth-order valence-corrected chi connectivity index (χ4v) is 4.48. The van der Waals surface area contributed by atoms with Crippen molar-refractivity contribution < 1.29 is 13.3 Å². The van der Waals surface area contributed by atoms with E-state index >= 15 is 0 Å². The average molecular weight is 415 g/mol. The second-order valence-corrected chi connectivity index (χ2v) is 8.28. The molecular formula is C17H17N7O4S. The second kappa shape index (κ2) is 7.56. The molecule has 1 saturated heterocycles. The highest BCUT2D eigenvalue weighted by atomic mass is 32.2. The molecule has 0 atom stereocenters. The van der Waals surface area contributed by atoms with Gasteiger partial charge in [0.15, 0.2) is 11.6 Å². The van der Waals surface area contributed by atoms with Gasteiger partial charge in [-0.1, -0.05) is 0 Å². The zero-order valence-corrected chi connectivity index (χ0v) is 16.0. The molecule has 0 radical (unpaired) electrons. The predicted octanol–water partition coefficient (Wildman–Crippen LogP) is 1.08. The van der Waals surface area contributed by atoms with E-state index in [1.165, 1.54) is 28.6 Å². The number of rotatable bonds is 5. The highest BCUT2D eigenvalue weighted by molar-refractivity contribution is 7.89. The molecule has 2 aromatic heterocycles. The van der Waals surface area contributed by atoms with E-state index in [-0.39, 0.29) is 23.7 Å². The third-order valence-electron chi connectivity index (χ3n) is 4.62. The Labute approximate surface area is 166 Å². The van der Waals surface area contributed by atoms with Gasteiger partial charge in [-0.2, -0.15) is 9.40 Å². The van der Waals surface area contributed by atoms with Gasteiger partial charge in [0, 0.05) is 50.7 Å². The van der Waals surface area contributed by atoms with E-state index in [1.54, 1.807) is 29.2 Å². The van der Waals surface area contributed by atoms with E-state index in [2.05, 4.69) is 15.3 Å². The molecule has 0 N–H and O–H groups in total. The van der Waals surface area contributed by atoms with Gasteiger partial charge in [0.2, 0.25) is 10.0 Å². The minimum atomic E-state index is -3.71. The summed E-state index contributed by atoms with van der Waals surface area (Å²) in [7, 11) is -3.71. The number of anilines is 1. The van der Waals surface area contributed by atoms with Crippen molar-refractivity contribution >= 4 is 21.5 Å². The molecule has 3 aromatic rings. The summed E-state index contributed by atoms with van der Waals surface area (Å²) in [6, 6.07) is 10.3. The topological polar surface area (TPSA) is 127 Å². The highest BCUT2D eigenvalue weighted by Gasteiger charge is 2.29. The minimum absolute atomic E-state index is 0.0416. The van der Waals surface area contributed by atoms with Gasteiger partial charge in [0.05, 0.1) is 9.82 Å². The molecule has 0 bridgehead atoms. The quantitative estimate of drug-likeness (QED) is 0.447. The van der Waals surface area contributed by atoms with Crippen molar-refractivity contribution in [3.63, 3.8) is 0 Å². The zero-order chi connectivity index (χ0) is 20.4. The van der Waals surface area contributed by atoms with Crippen LogP contribution in [0.4, 0.5) is 11.5 Å². The number of non-ortho nitro benzene ring substituents is 1. The Bertz CT molecular complexity index is 1090. The molecule has 4 rings (SSSR count). The van der Waals surface area contributed by atoms with Crippen LogP contribution >= 0.6 is 0 Å². The van der Waals surface area contributed by atoms with E-state index in [0.717, 1.165) is 0 Å². The van der Waals surface area contributed by atoms with E-state index < -0.39 is 14.9 Å². The van der Waals surface area contributed by atoms with Crippen LogP contribution in [0.2, 0.25) is 0 Å². The number of benzene rings is 1. The number of sulfonamides is 1. The summed E-state index contributed by atoms with van der Waals surface area (Å²) in [6.45, 7) is 1.48. The average Bonchev–Trinajstić information content (AvgIpc) is 3.29. The SMILES string of the molecule is O=[N+]([O-])c1ccc(S(=O)(=O)N2CCN(c3ccc(-n4cccn4)nn3)CC2)cc1. The molecule has 11 nitrogen and oxygen atoms in total. The number of aromatic nitrogens is 4. The van der Waals surface area contributed by atoms with E-state index in [4.69, 9.17) is 0 Å². The third kappa shape index (κ3) is 3.79. The van der Waals surface area contributed by atoms with Gasteiger partial charge in [0.25, 0.3) is 5.69 Å². The van der Waals surface area contributed by atoms with Crippen molar-refractivity contribution in [3.8, 4) is 5.82 Å². The number of piperazine rings is 1. The van der Waals surface area contributed by atoms with Gasteiger partial charge in [-0.3, -0.25) is 10.1 Å². The largest absolute Gasteiger partial charge is 0.352 e. The fourth-order valence-electron chi connectivity index (χ4n) is 3.06. The lowest BCUT2D eigenvalue weighted by molar-refractivity contribution is -0.384. The third-order valence-corrected chi connectivity index (χ3v) is 6.54. The van der Waals surface area contributed by atoms with Gasteiger partial charge < -0.3 is 4.90 Å². The monoisotopic (exact) mass is 415 g/mol. The van der Waals surface area contributed by atoms with Gasteiger partial charge in [-0.25, -0.2) is 13.1 Å². The van der Waals surface area contributed by atoms with E-state index in [9.17, 15) is 18.5 Å². The van der Waals surface area contributed by atoms with Crippen molar-refractivity contribution in [2.75, 3.05) is 31.1 Å². The van der Waals surface area contributed by atoms with Crippen molar-refractivity contribution in [2.24, 2.45) is 0 Å². The molecule has 29 heavy (non-hydrogen) atoms. The standard InChI is InChI=1S/C17H17N7O4S/c25-24(26)14-2-4-15(5-3-14)29(27,28)22-12-10-21(11-13-22)16-6-7-17(20-19-16)23-9-1-8-18-23/h1-9H,10-13H2. The number of hydrogen-bond acceptors (Lipinski definition) is 8. The van der Waals surface area contributed by atoms with Crippen LogP contribution in [-0.4, -0.2) is 63.8 Å². The summed E-state index contributed by atoms with van der Waals surface area (Å²) in [5.41, 5.74) is -0.147. The van der Waals surface area contributed by atoms with Crippen molar-refractivity contribution in [2.45, 2.75) is 4.90 Å². The fraction of sp³-hybridized carbons (Fsp3) is 0.235. The van der Waals surface area contributed by atoms with Crippen LogP contribution < -0.4 is 4.90 Å². The minimum Gasteiger partial charge on any atom is -0.352 e. The van der Waals surface area contributed by atoms with Gasteiger partial charge in [-0.15, -0.1) is 10.2 Å². The zero-order valence-electron chi connectivity index (χ0n) is 15.2. The van der Waals surface area contributed by atoms with Crippen LogP contribution in [0.15, 0.2) is 59.8 Å². The lowest BCUT2D eigenvalue weighted by atomic mass is 10.3. The number of nitro groups is 1. The normalized spacial score (nSPS) is 15.4. The maximum absolute atomic E-state index is 12.8. The summed E-state index contributed by atoms with van der Waals surface area (Å²) in [6.07, 6.45) is 3.42. The Morgan fingerprint density at radius 1 is 0.931 bits per heavy atom. The van der Waals surface area contributed by atoms with Crippen LogP contribution in [0, 0.1) is 10.1 Å². The molecule has 1 aliphatic heterocycles. The first-order chi connectivity index (χ1) is 13.9. The van der Waals surface area contributed by atoms with Crippen LogP contribution in [0.3, 0.4) is 0 Å². The Morgan fingerprint density at radius 2 is 1.59 bits per heavy atom. The Kier molecular flexibility index (Phi) is 4.94. The number of nitrogens with zero attached hydrogens (tertiary/aromatic N) is 7. The van der Waals surface area contributed by atoms with E-state index in [1.807, 2.05) is 11.0 Å². The van der Waals surface area contributed by atoms with Gasteiger partial charge in [0.1, 0.15) is 0 Å². The molecular weight excluding hydrogens is 398 g/mol. The van der Waals surface area contributed by atoms with Crippen LogP contribution in [0.1, 0.15) is 0 Å². The number of nitro benzene ring substituents is 1. The summed E-state index contributed by atoms with van der Waals surface area (Å²) in [4.78, 5) is 12.2. The van der Waals surface area contributed by atoms with Gasteiger partial charge >= 0.3 is 0 Å². The summed E-state index contributed by atoms with van der Waals surface area (Å²) in [5, 5.41) is 23.2. The maximum Gasteiger partial charge on any atom is 0.269 e. The lowest BCUT2D eigenvalue weighted by Gasteiger charge is -2.34. The first kappa shape index (κ1) is 19.0. The summed E-state index contributed by atoms with van der Waals surface area (Å²) in [5.74, 6) is 1.26. The van der Waals surface area contributed by atoms with Crippen molar-refractivity contribution in [1.82, 2.24) is 24.3 Å². The molecule has 1 aromatic carbocycles. The van der Waals surface area contributed by atoms with Crippen molar-refractivity contribution in [1.29, 1.82) is 0 Å². The number of hydrogen-bond donors (Lipinski definition) is 0. The first-order valence-electron chi connectivity index (χ1n) is 8.78. The Morgan fingerprint density at radius 3 is 2.14 bits per heavy atom. The molecule has 1 fully saturated rings. The Balaban J connectivity index is 1.42. The molecule has 0 aliphatic carbocycles. The molecule has 0 amide bonds. The molecule has 0 unspecified atom stereocenters. The second-order valence-electron chi connectivity index (χ2n) is 6.34. The Hall–Kier alpha value is -3.38. The summed E-state index contributed by atoms with van der Waals surface area (Å²) >= 11 is 0. The molecule has 3 heterocycles. The molecule has 150 valence electrons. The highest BCUT2D eigenvalue weighted by Crippen LogP contribution is 2.22. The van der Waals surface area contributed by atoms with Crippen molar-refractivity contribution in [3.05, 3.63) is 65.0 Å². The molecule has 0 saturated carbocycles. The molecule has 1 aliphatic rings. The maximum atomic E-state index is 12.8. The van der Waals surface area contributed by atoms with Crippen LogP contribution in [-0.2, 0) is 10.0 Å². The molecule has 12 heteroatoms.